The second kappa shape index (κ2) is 13.2. The molecule has 1 aromatic carbocycles. The van der Waals surface area contributed by atoms with Gasteiger partial charge in [-0.25, -0.2) is 0 Å². The fourth-order valence-corrected chi connectivity index (χ4v) is 5.08. The standard InChI is InChI=1S/C22H35N3OS2/c1-5-8-9-10-11-12-17-27-28-22-24-23-21(18(4)6-2)25(22)19-13-15-20(16-14-19)26-7-3/h13-16,18H,5-12,17H2,1-4H3. The average Bonchev–Trinajstić information content (AvgIpc) is 3.14. The lowest BCUT2D eigenvalue weighted by Crippen LogP contribution is -2.05. The minimum Gasteiger partial charge on any atom is -0.494 e. The summed E-state index contributed by atoms with van der Waals surface area (Å²) in [5, 5.41) is 9.99. The largest absolute Gasteiger partial charge is 0.494 e. The summed E-state index contributed by atoms with van der Waals surface area (Å²) < 4.78 is 7.80. The highest BCUT2D eigenvalue weighted by Gasteiger charge is 2.18. The van der Waals surface area contributed by atoms with E-state index in [1.807, 2.05) is 29.9 Å². The molecule has 0 saturated heterocycles. The number of rotatable bonds is 14. The van der Waals surface area contributed by atoms with Crippen LogP contribution in [0, 0.1) is 0 Å². The molecule has 0 bridgehead atoms. The van der Waals surface area contributed by atoms with Crippen molar-refractivity contribution in [3.63, 3.8) is 0 Å². The summed E-state index contributed by atoms with van der Waals surface area (Å²) >= 11 is 0. The Balaban J connectivity index is 2.01. The van der Waals surface area contributed by atoms with Crippen LogP contribution in [-0.2, 0) is 0 Å². The predicted molar refractivity (Wildman–Crippen MR) is 123 cm³/mol. The van der Waals surface area contributed by atoms with Gasteiger partial charge >= 0.3 is 0 Å². The van der Waals surface area contributed by atoms with Crippen molar-refractivity contribution in [1.29, 1.82) is 0 Å². The van der Waals surface area contributed by atoms with Crippen molar-refractivity contribution >= 4 is 21.6 Å². The van der Waals surface area contributed by atoms with Crippen molar-refractivity contribution in [2.24, 2.45) is 0 Å². The molecule has 0 N–H and O–H groups in total. The molecule has 0 spiro atoms. The molecule has 1 heterocycles. The van der Waals surface area contributed by atoms with Crippen LogP contribution >= 0.6 is 21.6 Å². The van der Waals surface area contributed by atoms with Gasteiger partial charge in [0.15, 0.2) is 0 Å². The second-order valence-corrected chi connectivity index (χ2v) is 9.47. The van der Waals surface area contributed by atoms with E-state index in [-0.39, 0.29) is 0 Å². The van der Waals surface area contributed by atoms with Gasteiger partial charge in [0.25, 0.3) is 0 Å². The van der Waals surface area contributed by atoms with Crippen LogP contribution in [0.2, 0.25) is 0 Å². The van der Waals surface area contributed by atoms with Gasteiger partial charge in [0.2, 0.25) is 5.16 Å². The minimum absolute atomic E-state index is 0.372. The average molecular weight is 422 g/mol. The van der Waals surface area contributed by atoms with Crippen LogP contribution in [-0.4, -0.2) is 27.1 Å². The Morgan fingerprint density at radius 3 is 2.36 bits per heavy atom. The first kappa shape index (κ1) is 23.1. The fourth-order valence-electron chi connectivity index (χ4n) is 2.97. The Labute approximate surface area is 178 Å². The molecule has 0 saturated carbocycles. The summed E-state index contributed by atoms with van der Waals surface area (Å²) in [6.45, 7) is 9.36. The summed E-state index contributed by atoms with van der Waals surface area (Å²) in [7, 11) is 3.64. The van der Waals surface area contributed by atoms with Crippen LogP contribution in [0.5, 0.6) is 5.75 Å². The first-order chi connectivity index (χ1) is 13.7. The lowest BCUT2D eigenvalue weighted by Gasteiger charge is -2.14. The summed E-state index contributed by atoms with van der Waals surface area (Å²) in [5.41, 5.74) is 1.10. The topological polar surface area (TPSA) is 39.9 Å². The third-order valence-corrected chi connectivity index (χ3v) is 7.12. The van der Waals surface area contributed by atoms with Crippen LogP contribution in [0.3, 0.4) is 0 Å². The van der Waals surface area contributed by atoms with Gasteiger partial charge in [0.1, 0.15) is 11.6 Å². The molecule has 2 rings (SSSR count). The number of aromatic nitrogens is 3. The molecule has 0 aliphatic rings. The fraction of sp³-hybridized carbons (Fsp3) is 0.636. The number of ether oxygens (including phenoxy) is 1. The number of nitrogens with zero attached hydrogens (tertiary/aromatic N) is 3. The smallest absolute Gasteiger partial charge is 0.206 e. The number of benzene rings is 1. The minimum atomic E-state index is 0.372. The van der Waals surface area contributed by atoms with Gasteiger partial charge in [-0.2, -0.15) is 0 Å². The molecule has 156 valence electrons. The van der Waals surface area contributed by atoms with E-state index in [2.05, 4.69) is 47.7 Å². The van der Waals surface area contributed by atoms with Crippen molar-refractivity contribution in [2.45, 2.75) is 83.7 Å². The summed E-state index contributed by atoms with van der Waals surface area (Å²) in [6.07, 6.45) is 9.06. The van der Waals surface area contributed by atoms with Crippen LogP contribution in [0.4, 0.5) is 0 Å². The van der Waals surface area contributed by atoms with Crippen LogP contribution in [0.15, 0.2) is 29.4 Å². The third kappa shape index (κ3) is 7.03. The first-order valence-corrected chi connectivity index (χ1v) is 13.0. The molecular formula is C22H35N3OS2. The van der Waals surface area contributed by atoms with E-state index < -0.39 is 0 Å². The van der Waals surface area contributed by atoms with Gasteiger partial charge in [0.05, 0.1) is 6.61 Å². The highest BCUT2D eigenvalue weighted by atomic mass is 33.1. The summed E-state index contributed by atoms with van der Waals surface area (Å²) in [6, 6.07) is 8.25. The van der Waals surface area contributed by atoms with Crippen LogP contribution in [0.25, 0.3) is 5.69 Å². The number of hydrogen-bond donors (Lipinski definition) is 0. The van der Waals surface area contributed by atoms with Crippen molar-refractivity contribution in [3.8, 4) is 11.4 Å². The second-order valence-electron chi connectivity index (χ2n) is 7.09. The van der Waals surface area contributed by atoms with E-state index in [0.29, 0.717) is 12.5 Å². The zero-order valence-electron chi connectivity index (χ0n) is 17.8. The Morgan fingerprint density at radius 2 is 1.68 bits per heavy atom. The van der Waals surface area contributed by atoms with Gasteiger partial charge < -0.3 is 4.74 Å². The molecular weight excluding hydrogens is 386 g/mol. The lowest BCUT2D eigenvalue weighted by atomic mass is 10.1. The molecule has 2 aromatic rings. The molecule has 0 radical (unpaired) electrons. The van der Waals surface area contributed by atoms with Crippen molar-refractivity contribution in [1.82, 2.24) is 14.8 Å². The molecule has 1 atom stereocenters. The normalized spacial score (nSPS) is 12.3. The maximum absolute atomic E-state index is 5.58. The van der Waals surface area contributed by atoms with E-state index in [9.17, 15) is 0 Å². The Kier molecular flexibility index (Phi) is 10.9. The van der Waals surface area contributed by atoms with Gasteiger partial charge in [-0.3, -0.25) is 4.57 Å². The molecule has 4 nitrogen and oxygen atoms in total. The number of hydrogen-bond acceptors (Lipinski definition) is 5. The van der Waals surface area contributed by atoms with E-state index >= 15 is 0 Å². The van der Waals surface area contributed by atoms with Crippen LogP contribution in [0.1, 0.15) is 84.4 Å². The maximum Gasteiger partial charge on any atom is 0.206 e. The molecule has 0 aliphatic heterocycles. The quantitative estimate of drug-likeness (QED) is 0.237. The van der Waals surface area contributed by atoms with Gasteiger partial charge in [-0.1, -0.05) is 63.7 Å². The van der Waals surface area contributed by atoms with E-state index in [0.717, 1.165) is 34.6 Å². The lowest BCUT2D eigenvalue weighted by molar-refractivity contribution is 0.340. The van der Waals surface area contributed by atoms with Gasteiger partial charge in [-0.15, -0.1) is 10.2 Å². The van der Waals surface area contributed by atoms with E-state index in [4.69, 9.17) is 4.74 Å². The molecule has 0 amide bonds. The third-order valence-electron chi connectivity index (χ3n) is 4.83. The molecule has 6 heteroatoms. The Hall–Kier alpha value is -1.14. The summed E-state index contributed by atoms with van der Waals surface area (Å²) in [4.78, 5) is 0. The van der Waals surface area contributed by atoms with Crippen LogP contribution < -0.4 is 4.74 Å². The molecule has 28 heavy (non-hydrogen) atoms. The molecule has 0 aliphatic carbocycles. The molecule has 1 unspecified atom stereocenters. The van der Waals surface area contributed by atoms with E-state index in [1.165, 1.54) is 38.5 Å². The highest BCUT2D eigenvalue weighted by molar-refractivity contribution is 8.76. The van der Waals surface area contributed by atoms with E-state index in [1.54, 1.807) is 10.8 Å². The number of unbranched alkanes of at least 4 members (excludes halogenated alkanes) is 5. The van der Waals surface area contributed by atoms with Gasteiger partial charge in [0, 0.05) is 17.4 Å². The van der Waals surface area contributed by atoms with Gasteiger partial charge in [-0.05, 0) is 54.8 Å². The monoisotopic (exact) mass is 421 g/mol. The first-order valence-electron chi connectivity index (χ1n) is 10.7. The zero-order chi connectivity index (χ0) is 20.2. The molecule has 1 aromatic heterocycles. The summed E-state index contributed by atoms with van der Waals surface area (Å²) in [5.74, 6) is 3.47. The van der Waals surface area contributed by atoms with Crippen molar-refractivity contribution in [3.05, 3.63) is 30.1 Å². The molecule has 0 fully saturated rings. The Morgan fingerprint density at radius 1 is 0.964 bits per heavy atom. The maximum atomic E-state index is 5.58. The SMILES string of the molecule is CCCCCCCCSSc1nnc(C(C)CC)n1-c1ccc(OCC)cc1. The highest BCUT2D eigenvalue weighted by Crippen LogP contribution is 2.35. The predicted octanol–water partition coefficient (Wildman–Crippen LogP) is 7.28. The Bertz CT molecular complexity index is 673. The van der Waals surface area contributed by atoms with Crippen molar-refractivity contribution < 1.29 is 4.74 Å². The zero-order valence-corrected chi connectivity index (χ0v) is 19.5. The van der Waals surface area contributed by atoms with Crippen molar-refractivity contribution in [2.75, 3.05) is 12.4 Å².